The number of aryl methyl sites for hydroxylation is 2. The fourth-order valence-electron chi connectivity index (χ4n) is 6.41. The van der Waals surface area contributed by atoms with E-state index in [1.165, 1.54) is 5.56 Å². The van der Waals surface area contributed by atoms with Crippen LogP contribution in [-0.2, 0) is 27.2 Å². The van der Waals surface area contributed by atoms with Crippen LogP contribution < -0.4 is 10.6 Å². The van der Waals surface area contributed by atoms with Crippen molar-refractivity contribution in [1.82, 2.24) is 20.1 Å². The number of nitrogens with one attached hydrogen (secondary N) is 2. The van der Waals surface area contributed by atoms with Crippen LogP contribution in [-0.4, -0.2) is 82.5 Å². The normalized spacial score (nSPS) is 24.7. The van der Waals surface area contributed by atoms with Gasteiger partial charge in [0.05, 0.1) is 0 Å². The molecule has 1 saturated carbocycles. The third kappa shape index (κ3) is 6.47. The molecule has 3 fully saturated rings. The number of carboxylic acid groups (broad SMARTS) is 1. The first kappa shape index (κ1) is 26.9. The summed E-state index contributed by atoms with van der Waals surface area (Å²) in [6.07, 6.45) is 11.0. The van der Waals surface area contributed by atoms with Gasteiger partial charge >= 0.3 is 5.97 Å². The Bertz CT molecular complexity index is 1010. The fourth-order valence-corrected chi connectivity index (χ4v) is 6.41. The predicted molar refractivity (Wildman–Crippen MR) is 145 cm³/mol. The van der Waals surface area contributed by atoms with E-state index >= 15 is 0 Å². The number of hydrogen-bond acceptors (Lipinski definition) is 6. The summed E-state index contributed by atoms with van der Waals surface area (Å²) in [7, 11) is 0. The van der Waals surface area contributed by atoms with E-state index in [0.717, 1.165) is 95.4 Å². The second kappa shape index (κ2) is 12.5. The van der Waals surface area contributed by atoms with E-state index in [1.54, 1.807) is 4.90 Å². The Balaban J connectivity index is 1.07. The van der Waals surface area contributed by atoms with Gasteiger partial charge in [0.2, 0.25) is 11.8 Å². The number of carbonyl (C=O) groups excluding carboxylic acids is 2. The van der Waals surface area contributed by atoms with Gasteiger partial charge in [-0.15, -0.1) is 0 Å². The highest BCUT2D eigenvalue weighted by Crippen LogP contribution is 2.31. The standard InChI is InChI=1S/C29H43N5O4/c35-27(25-8-1-2-16-34(25)28(36)22-5-3-6-22)32-24(29(37)38)14-18-33-17-13-20(19-33)9-11-23-12-10-21-7-4-15-30-26(21)31-23/h10,12,20,22,24-25H,1-9,11,13-19H2,(H,30,31)(H,32,35)(H,37,38)/t20-,24?,25+/m1/s1. The fraction of sp³-hybridized carbons (Fsp3) is 0.724. The monoisotopic (exact) mass is 525 g/mol. The number of piperidine rings is 1. The zero-order chi connectivity index (χ0) is 26.5. The molecule has 3 N–H and O–H groups in total. The van der Waals surface area contributed by atoms with E-state index in [4.69, 9.17) is 4.98 Å². The van der Waals surface area contributed by atoms with Gasteiger partial charge in [0, 0.05) is 37.8 Å². The summed E-state index contributed by atoms with van der Waals surface area (Å²) >= 11 is 0. The molecule has 4 heterocycles. The highest BCUT2D eigenvalue weighted by Gasteiger charge is 2.38. The molecule has 1 aromatic rings. The van der Waals surface area contributed by atoms with E-state index in [-0.39, 0.29) is 17.7 Å². The summed E-state index contributed by atoms with van der Waals surface area (Å²) in [6.45, 7) is 4.14. The van der Waals surface area contributed by atoms with Crippen molar-refractivity contribution in [1.29, 1.82) is 0 Å². The van der Waals surface area contributed by atoms with Crippen molar-refractivity contribution >= 4 is 23.6 Å². The van der Waals surface area contributed by atoms with E-state index in [2.05, 4.69) is 27.7 Å². The van der Waals surface area contributed by atoms with Crippen LogP contribution in [0.4, 0.5) is 5.82 Å². The molecule has 2 amide bonds. The molecule has 5 rings (SSSR count). The minimum absolute atomic E-state index is 0.0430. The summed E-state index contributed by atoms with van der Waals surface area (Å²) in [5.41, 5.74) is 2.45. The van der Waals surface area contributed by atoms with Crippen LogP contribution in [0.15, 0.2) is 12.1 Å². The third-order valence-corrected chi connectivity index (χ3v) is 9.02. The molecular weight excluding hydrogens is 482 g/mol. The van der Waals surface area contributed by atoms with Crippen LogP contribution in [0.25, 0.3) is 0 Å². The molecule has 0 radical (unpaired) electrons. The average molecular weight is 526 g/mol. The van der Waals surface area contributed by atoms with Crippen LogP contribution >= 0.6 is 0 Å². The first-order chi connectivity index (χ1) is 18.5. The van der Waals surface area contributed by atoms with Gasteiger partial charge in [0.25, 0.3) is 0 Å². The van der Waals surface area contributed by atoms with Crippen LogP contribution in [0, 0.1) is 11.8 Å². The first-order valence-electron chi connectivity index (χ1n) is 14.8. The van der Waals surface area contributed by atoms with Gasteiger partial charge < -0.3 is 25.5 Å². The molecule has 3 atom stereocenters. The topological polar surface area (TPSA) is 115 Å². The number of likely N-dealkylation sites (tertiary alicyclic amines) is 2. The van der Waals surface area contributed by atoms with E-state index in [9.17, 15) is 19.5 Å². The molecule has 4 aliphatic rings. The van der Waals surface area contributed by atoms with Gasteiger partial charge in [0.15, 0.2) is 0 Å². The molecule has 1 aliphatic carbocycles. The van der Waals surface area contributed by atoms with Crippen LogP contribution in [0.3, 0.4) is 0 Å². The molecule has 9 nitrogen and oxygen atoms in total. The van der Waals surface area contributed by atoms with Gasteiger partial charge in [-0.2, -0.15) is 0 Å². The number of carbonyl (C=O) groups is 3. The maximum atomic E-state index is 13.1. The molecule has 0 spiro atoms. The highest BCUT2D eigenvalue weighted by molar-refractivity contribution is 5.91. The number of rotatable bonds is 10. The van der Waals surface area contributed by atoms with E-state index in [1.807, 2.05) is 0 Å². The first-order valence-corrected chi connectivity index (χ1v) is 14.8. The molecule has 1 aromatic heterocycles. The van der Waals surface area contributed by atoms with Crippen LogP contribution in [0.2, 0.25) is 0 Å². The van der Waals surface area contributed by atoms with Gasteiger partial charge in [-0.1, -0.05) is 12.5 Å². The molecule has 9 heteroatoms. The maximum absolute atomic E-state index is 13.1. The van der Waals surface area contributed by atoms with Gasteiger partial charge in [0.1, 0.15) is 17.9 Å². The minimum atomic E-state index is -1.01. The smallest absolute Gasteiger partial charge is 0.326 e. The lowest BCUT2D eigenvalue weighted by atomic mass is 9.83. The Labute approximate surface area is 225 Å². The number of hydrogen-bond donors (Lipinski definition) is 3. The SMILES string of the molecule is O=C(O)C(CCN1CC[C@@H](CCc2ccc3c(n2)NCCC3)C1)NC(=O)[C@@H]1CCCCN1C(=O)C1CCC1. The van der Waals surface area contributed by atoms with Gasteiger partial charge in [-0.25, -0.2) is 9.78 Å². The number of pyridine rings is 1. The van der Waals surface area contributed by atoms with Crippen molar-refractivity contribution in [3.63, 3.8) is 0 Å². The largest absolute Gasteiger partial charge is 0.480 e. The molecule has 3 aliphatic heterocycles. The summed E-state index contributed by atoms with van der Waals surface area (Å²) in [5.74, 6) is 0.429. The van der Waals surface area contributed by atoms with Crippen LogP contribution in [0.1, 0.15) is 75.5 Å². The summed E-state index contributed by atoms with van der Waals surface area (Å²) < 4.78 is 0. The molecular formula is C29H43N5O4. The summed E-state index contributed by atoms with van der Waals surface area (Å²) in [5, 5.41) is 16.0. The van der Waals surface area contributed by atoms with Crippen LogP contribution in [0.5, 0.6) is 0 Å². The zero-order valence-corrected chi connectivity index (χ0v) is 22.5. The number of amides is 2. The number of aliphatic carboxylic acids is 1. The van der Waals surface area contributed by atoms with Gasteiger partial charge in [-0.3, -0.25) is 9.59 Å². The second-order valence-electron chi connectivity index (χ2n) is 11.7. The molecule has 0 bridgehead atoms. The van der Waals surface area contributed by atoms with Crippen molar-refractivity contribution in [2.45, 2.75) is 89.1 Å². The maximum Gasteiger partial charge on any atom is 0.326 e. The number of fused-ring (bicyclic) bond motifs is 1. The van der Waals surface area contributed by atoms with Crippen molar-refractivity contribution in [3.05, 3.63) is 23.4 Å². The number of aromatic nitrogens is 1. The molecule has 38 heavy (non-hydrogen) atoms. The van der Waals surface area contributed by atoms with Crippen molar-refractivity contribution in [3.8, 4) is 0 Å². The van der Waals surface area contributed by atoms with Crippen molar-refractivity contribution < 1.29 is 19.5 Å². The Kier molecular flexibility index (Phi) is 8.82. The van der Waals surface area contributed by atoms with E-state index < -0.39 is 18.1 Å². The minimum Gasteiger partial charge on any atom is -0.480 e. The Morgan fingerprint density at radius 2 is 1.95 bits per heavy atom. The van der Waals surface area contributed by atoms with E-state index in [0.29, 0.717) is 31.8 Å². The highest BCUT2D eigenvalue weighted by atomic mass is 16.4. The Morgan fingerprint density at radius 1 is 1.08 bits per heavy atom. The number of carboxylic acids is 1. The quantitative estimate of drug-likeness (QED) is 0.430. The molecule has 208 valence electrons. The Morgan fingerprint density at radius 3 is 2.74 bits per heavy atom. The van der Waals surface area contributed by atoms with Gasteiger partial charge in [-0.05, 0) is 94.7 Å². The van der Waals surface area contributed by atoms with Crippen molar-refractivity contribution in [2.24, 2.45) is 11.8 Å². The molecule has 1 unspecified atom stereocenters. The lowest BCUT2D eigenvalue weighted by Crippen LogP contribution is -2.56. The molecule has 2 saturated heterocycles. The Hall–Kier alpha value is -2.68. The lowest BCUT2D eigenvalue weighted by molar-refractivity contribution is -0.149. The second-order valence-corrected chi connectivity index (χ2v) is 11.7. The number of nitrogens with zero attached hydrogens (tertiary/aromatic N) is 3. The summed E-state index contributed by atoms with van der Waals surface area (Å²) in [4.78, 5) is 46.9. The summed E-state index contributed by atoms with van der Waals surface area (Å²) in [6, 6.07) is 2.89. The lowest BCUT2D eigenvalue weighted by Gasteiger charge is -2.39. The number of anilines is 1. The average Bonchev–Trinajstić information content (AvgIpc) is 3.36. The molecule has 0 aromatic carbocycles. The van der Waals surface area contributed by atoms with Crippen molar-refractivity contribution in [2.75, 3.05) is 38.0 Å². The zero-order valence-electron chi connectivity index (χ0n) is 22.5. The predicted octanol–water partition coefficient (Wildman–Crippen LogP) is 2.83. The third-order valence-electron chi connectivity index (χ3n) is 9.02.